The molecular formula is C19H17FN2O2S. The number of nitrogens with one attached hydrogen (secondary N) is 1. The molecule has 0 fully saturated rings. The van der Waals surface area contributed by atoms with Crippen LogP contribution in [0.25, 0.3) is 10.6 Å². The maximum absolute atomic E-state index is 13.1. The zero-order chi connectivity index (χ0) is 17.6. The number of hydrogen-bond donors (Lipinski definition) is 1. The highest BCUT2D eigenvalue weighted by Crippen LogP contribution is 2.26. The minimum Gasteiger partial charge on any atom is -0.497 e. The smallest absolute Gasteiger partial charge is 0.251 e. The van der Waals surface area contributed by atoms with E-state index in [0.717, 1.165) is 22.0 Å². The van der Waals surface area contributed by atoms with Gasteiger partial charge in [0.1, 0.15) is 16.6 Å². The Balaban J connectivity index is 1.57. The van der Waals surface area contributed by atoms with Crippen LogP contribution in [0.2, 0.25) is 0 Å². The Bertz CT molecular complexity index is 879. The van der Waals surface area contributed by atoms with E-state index in [0.29, 0.717) is 18.5 Å². The molecular weight excluding hydrogens is 339 g/mol. The zero-order valence-corrected chi connectivity index (χ0v) is 14.5. The van der Waals surface area contributed by atoms with Crippen molar-refractivity contribution in [3.05, 3.63) is 71.0 Å². The minimum absolute atomic E-state index is 0.289. The Morgan fingerprint density at radius 3 is 2.88 bits per heavy atom. The predicted octanol–water partition coefficient (Wildman–Crippen LogP) is 3.93. The molecule has 4 nitrogen and oxygen atoms in total. The number of rotatable bonds is 6. The molecule has 1 amide bonds. The molecule has 0 radical (unpaired) electrons. The van der Waals surface area contributed by atoms with Crippen LogP contribution in [0, 0.1) is 5.82 Å². The summed E-state index contributed by atoms with van der Waals surface area (Å²) in [6.07, 6.45) is 0.613. The average Bonchev–Trinajstić information content (AvgIpc) is 3.10. The molecule has 0 spiro atoms. The first-order valence-electron chi connectivity index (χ1n) is 7.78. The summed E-state index contributed by atoms with van der Waals surface area (Å²) in [4.78, 5) is 16.6. The lowest BCUT2D eigenvalue weighted by Gasteiger charge is -2.04. The lowest BCUT2D eigenvalue weighted by molar-refractivity contribution is 0.0953. The molecule has 128 valence electrons. The van der Waals surface area contributed by atoms with E-state index in [1.54, 1.807) is 24.5 Å². The van der Waals surface area contributed by atoms with Gasteiger partial charge < -0.3 is 10.1 Å². The lowest BCUT2D eigenvalue weighted by atomic mass is 10.2. The molecule has 1 aromatic heterocycles. The molecule has 0 aliphatic rings. The quantitative estimate of drug-likeness (QED) is 0.728. The number of ether oxygens (including phenoxy) is 1. The largest absolute Gasteiger partial charge is 0.497 e. The molecule has 3 aromatic rings. The molecule has 0 bridgehead atoms. The van der Waals surface area contributed by atoms with Gasteiger partial charge in [-0.1, -0.05) is 18.2 Å². The highest BCUT2D eigenvalue weighted by molar-refractivity contribution is 7.13. The number of nitrogens with zero attached hydrogens (tertiary/aromatic N) is 1. The first kappa shape index (κ1) is 17.1. The summed E-state index contributed by atoms with van der Waals surface area (Å²) >= 11 is 1.55. The van der Waals surface area contributed by atoms with Gasteiger partial charge in [-0.3, -0.25) is 4.79 Å². The molecule has 0 saturated carbocycles. The highest BCUT2D eigenvalue weighted by Gasteiger charge is 2.08. The third kappa shape index (κ3) is 4.42. The minimum atomic E-state index is -0.421. The van der Waals surface area contributed by atoms with Gasteiger partial charge in [-0.25, -0.2) is 9.37 Å². The van der Waals surface area contributed by atoms with Crippen molar-refractivity contribution in [3.8, 4) is 16.3 Å². The standard InChI is InChI=1S/C19H17FN2O2S/c1-24-17-7-3-5-14(11-17)19-22-16(12-25-19)8-9-21-18(23)13-4-2-6-15(20)10-13/h2-7,10-12H,8-9H2,1H3,(H,21,23). The second-order valence-corrected chi connectivity index (χ2v) is 6.25. The highest BCUT2D eigenvalue weighted by atomic mass is 32.1. The van der Waals surface area contributed by atoms with Crippen LogP contribution in [0.5, 0.6) is 5.75 Å². The first-order valence-corrected chi connectivity index (χ1v) is 8.66. The Labute approximate surface area is 149 Å². The SMILES string of the molecule is COc1cccc(-c2nc(CCNC(=O)c3cccc(F)c3)cs2)c1. The number of halogens is 1. The molecule has 2 aromatic carbocycles. The van der Waals surface area contributed by atoms with Gasteiger partial charge in [0.25, 0.3) is 5.91 Å². The number of hydrogen-bond acceptors (Lipinski definition) is 4. The van der Waals surface area contributed by atoms with Crippen molar-refractivity contribution in [2.75, 3.05) is 13.7 Å². The zero-order valence-electron chi connectivity index (χ0n) is 13.7. The maximum atomic E-state index is 13.1. The van der Waals surface area contributed by atoms with Crippen LogP contribution in [-0.4, -0.2) is 24.5 Å². The van der Waals surface area contributed by atoms with E-state index in [1.807, 2.05) is 29.6 Å². The predicted molar refractivity (Wildman–Crippen MR) is 96.5 cm³/mol. The Morgan fingerprint density at radius 1 is 1.24 bits per heavy atom. The summed E-state index contributed by atoms with van der Waals surface area (Å²) in [5.41, 5.74) is 2.22. The fourth-order valence-electron chi connectivity index (χ4n) is 2.35. The van der Waals surface area contributed by atoms with Crippen LogP contribution in [-0.2, 0) is 6.42 Å². The normalized spacial score (nSPS) is 10.5. The number of methoxy groups -OCH3 is 1. The van der Waals surface area contributed by atoms with Gasteiger partial charge in [0.15, 0.2) is 0 Å². The van der Waals surface area contributed by atoms with Crippen molar-refractivity contribution in [1.29, 1.82) is 0 Å². The van der Waals surface area contributed by atoms with E-state index in [1.165, 1.54) is 18.2 Å². The molecule has 0 atom stereocenters. The number of carbonyl (C=O) groups excluding carboxylic acids is 1. The average molecular weight is 356 g/mol. The van der Waals surface area contributed by atoms with Crippen molar-refractivity contribution in [2.45, 2.75) is 6.42 Å². The van der Waals surface area contributed by atoms with E-state index >= 15 is 0 Å². The van der Waals surface area contributed by atoms with E-state index < -0.39 is 5.82 Å². The second-order valence-electron chi connectivity index (χ2n) is 5.39. The first-order chi connectivity index (χ1) is 12.2. The van der Waals surface area contributed by atoms with Gasteiger partial charge in [0.05, 0.1) is 12.8 Å². The van der Waals surface area contributed by atoms with Gasteiger partial charge in [0.2, 0.25) is 0 Å². The number of benzene rings is 2. The van der Waals surface area contributed by atoms with Gasteiger partial charge in [-0.05, 0) is 30.3 Å². The molecule has 3 rings (SSSR count). The van der Waals surface area contributed by atoms with Crippen molar-refractivity contribution < 1.29 is 13.9 Å². The van der Waals surface area contributed by atoms with Gasteiger partial charge >= 0.3 is 0 Å². The van der Waals surface area contributed by atoms with Gasteiger partial charge in [-0.2, -0.15) is 0 Å². The van der Waals surface area contributed by atoms with Crippen LogP contribution in [0.15, 0.2) is 53.9 Å². The van der Waals surface area contributed by atoms with Crippen molar-refractivity contribution >= 4 is 17.2 Å². The van der Waals surface area contributed by atoms with Crippen molar-refractivity contribution in [2.24, 2.45) is 0 Å². The summed E-state index contributed by atoms with van der Waals surface area (Å²) in [6, 6.07) is 13.4. The number of amides is 1. The molecule has 1 heterocycles. The van der Waals surface area contributed by atoms with Gasteiger partial charge in [-0.15, -0.1) is 11.3 Å². The number of aromatic nitrogens is 1. The fourth-order valence-corrected chi connectivity index (χ4v) is 3.20. The summed E-state index contributed by atoms with van der Waals surface area (Å²) in [5.74, 6) is 0.0782. The van der Waals surface area contributed by atoms with Crippen LogP contribution in [0.3, 0.4) is 0 Å². The van der Waals surface area contributed by atoms with E-state index in [-0.39, 0.29) is 5.91 Å². The van der Waals surface area contributed by atoms with E-state index in [4.69, 9.17) is 4.74 Å². The second kappa shape index (κ2) is 7.90. The number of thiazole rings is 1. The fraction of sp³-hybridized carbons (Fsp3) is 0.158. The topological polar surface area (TPSA) is 51.2 Å². The molecule has 25 heavy (non-hydrogen) atoms. The molecule has 0 aliphatic heterocycles. The molecule has 0 aliphatic carbocycles. The molecule has 0 unspecified atom stereocenters. The molecule has 0 saturated heterocycles. The number of carbonyl (C=O) groups is 1. The van der Waals surface area contributed by atoms with Crippen LogP contribution in [0.1, 0.15) is 16.1 Å². The lowest BCUT2D eigenvalue weighted by Crippen LogP contribution is -2.25. The van der Waals surface area contributed by atoms with Crippen molar-refractivity contribution in [3.63, 3.8) is 0 Å². The Kier molecular flexibility index (Phi) is 5.40. The third-order valence-electron chi connectivity index (χ3n) is 3.62. The summed E-state index contributed by atoms with van der Waals surface area (Å²) in [7, 11) is 1.63. The monoisotopic (exact) mass is 356 g/mol. The van der Waals surface area contributed by atoms with Crippen LogP contribution in [0.4, 0.5) is 4.39 Å². The van der Waals surface area contributed by atoms with E-state index in [2.05, 4.69) is 10.3 Å². The summed E-state index contributed by atoms with van der Waals surface area (Å²) < 4.78 is 18.4. The molecule has 1 N–H and O–H groups in total. The van der Waals surface area contributed by atoms with Crippen LogP contribution >= 0.6 is 11.3 Å². The third-order valence-corrected chi connectivity index (χ3v) is 4.56. The maximum Gasteiger partial charge on any atom is 0.251 e. The van der Waals surface area contributed by atoms with Crippen LogP contribution < -0.4 is 10.1 Å². The Morgan fingerprint density at radius 2 is 2.08 bits per heavy atom. The Hall–Kier alpha value is -2.73. The van der Waals surface area contributed by atoms with E-state index in [9.17, 15) is 9.18 Å². The summed E-state index contributed by atoms with van der Waals surface area (Å²) in [6.45, 7) is 0.441. The molecule has 6 heteroatoms. The van der Waals surface area contributed by atoms with Crippen molar-refractivity contribution in [1.82, 2.24) is 10.3 Å². The summed E-state index contributed by atoms with van der Waals surface area (Å²) in [5, 5.41) is 5.66. The van der Waals surface area contributed by atoms with Gasteiger partial charge in [0, 0.05) is 29.5 Å².